The van der Waals surface area contributed by atoms with E-state index in [0.717, 1.165) is 46.3 Å². The molecule has 0 aliphatic carbocycles. The molecule has 0 unspecified atom stereocenters. The minimum absolute atomic E-state index is 0.592. The molecule has 62 heavy (non-hydrogen) atoms. The number of aromatic nitrogens is 5. The van der Waals surface area contributed by atoms with Gasteiger partial charge in [-0.15, -0.1) is 0 Å². The molecule has 0 saturated heterocycles. The molecule has 0 radical (unpaired) electrons. The highest BCUT2D eigenvalue weighted by atomic mass is 15.0. The largest absolute Gasteiger partial charge is 0.309 e. The molecule has 4 heterocycles. The molecule has 5 heteroatoms. The van der Waals surface area contributed by atoms with Gasteiger partial charge in [-0.2, -0.15) is 0 Å². The third kappa shape index (κ3) is 5.92. The Morgan fingerprint density at radius 3 is 1.27 bits per heavy atom. The maximum Gasteiger partial charge on any atom is 0.133 e. The molecular weight excluding hydrogens is 755 g/mol. The molecule has 12 rings (SSSR count). The standard InChI is InChI=1S/C57H43N5/c1-36-20-26-55-49(28-36)47-14-6-10-18-53(47)61(55)43-32-40(33-44(35-43)62-54-19-11-7-15-48(54)50-29-37(2)21-27-56(50)62)34-57-58-38(3)30-41(59-57)31-39-22-24-42(25-23-39)60-51-16-8-4-12-45(51)46-13-5-9-17-52(46)60/h4-30,32-33,35H,31,34H2,1-3H3. The van der Waals surface area contributed by atoms with Gasteiger partial charge in [0, 0.05) is 73.6 Å². The van der Waals surface area contributed by atoms with Crippen molar-refractivity contribution in [2.24, 2.45) is 0 Å². The summed E-state index contributed by atoms with van der Waals surface area (Å²) in [6, 6.07) is 66.6. The van der Waals surface area contributed by atoms with E-state index in [1.807, 2.05) is 0 Å². The SMILES string of the molecule is Cc1ccc2c(c1)c1ccccc1n2-c1cc(Cc2nc(C)cc(Cc3ccc(-n4c5ccccc5c5ccccc54)cc3)n2)cc(-n2c3ccccc3c3cc(C)ccc32)c1. The number of benzene rings is 8. The van der Waals surface area contributed by atoms with Crippen molar-refractivity contribution in [3.05, 3.63) is 221 Å². The van der Waals surface area contributed by atoms with E-state index < -0.39 is 0 Å². The first kappa shape index (κ1) is 36.1. The highest BCUT2D eigenvalue weighted by molar-refractivity contribution is 6.11. The molecule has 0 amide bonds. The van der Waals surface area contributed by atoms with Crippen molar-refractivity contribution < 1.29 is 0 Å². The van der Waals surface area contributed by atoms with Crippen LogP contribution < -0.4 is 0 Å². The van der Waals surface area contributed by atoms with E-state index in [9.17, 15) is 0 Å². The second-order valence-corrected chi connectivity index (χ2v) is 16.9. The van der Waals surface area contributed by atoms with Crippen LogP contribution in [-0.4, -0.2) is 23.7 Å². The van der Waals surface area contributed by atoms with Crippen molar-refractivity contribution in [1.82, 2.24) is 23.7 Å². The van der Waals surface area contributed by atoms with Gasteiger partial charge in [0.15, 0.2) is 0 Å². The Labute approximate surface area is 359 Å². The second-order valence-electron chi connectivity index (χ2n) is 16.9. The Morgan fingerprint density at radius 1 is 0.339 bits per heavy atom. The van der Waals surface area contributed by atoms with Gasteiger partial charge >= 0.3 is 0 Å². The molecule has 296 valence electrons. The van der Waals surface area contributed by atoms with Gasteiger partial charge in [-0.25, -0.2) is 9.97 Å². The van der Waals surface area contributed by atoms with Crippen LogP contribution in [0.25, 0.3) is 82.5 Å². The van der Waals surface area contributed by atoms with Crippen molar-refractivity contribution >= 4 is 65.4 Å². The first-order chi connectivity index (χ1) is 30.4. The first-order valence-electron chi connectivity index (χ1n) is 21.5. The molecule has 4 aromatic heterocycles. The van der Waals surface area contributed by atoms with Crippen molar-refractivity contribution in [2.75, 3.05) is 0 Å². The smallest absolute Gasteiger partial charge is 0.133 e. The fraction of sp³-hybridized carbons (Fsp3) is 0.0877. The first-order valence-corrected chi connectivity index (χ1v) is 21.5. The van der Waals surface area contributed by atoms with E-state index >= 15 is 0 Å². The van der Waals surface area contributed by atoms with Gasteiger partial charge in [-0.3, -0.25) is 0 Å². The lowest BCUT2D eigenvalue weighted by Crippen LogP contribution is -2.06. The lowest BCUT2D eigenvalue weighted by molar-refractivity contribution is 0.894. The highest BCUT2D eigenvalue weighted by Gasteiger charge is 2.18. The zero-order valence-electron chi connectivity index (χ0n) is 35.0. The number of hydrogen-bond donors (Lipinski definition) is 0. The van der Waals surface area contributed by atoms with Gasteiger partial charge in [-0.1, -0.05) is 108 Å². The Morgan fingerprint density at radius 2 is 0.774 bits per heavy atom. The fourth-order valence-corrected chi connectivity index (χ4v) is 9.97. The van der Waals surface area contributed by atoms with Gasteiger partial charge < -0.3 is 13.7 Å². The normalized spacial score (nSPS) is 11.9. The Kier molecular flexibility index (Phi) is 8.26. The third-order valence-corrected chi connectivity index (χ3v) is 12.6. The second kappa shape index (κ2) is 14.2. The predicted octanol–water partition coefficient (Wildman–Crippen LogP) is 13.9. The topological polar surface area (TPSA) is 40.6 Å². The molecular formula is C57H43N5. The summed E-state index contributed by atoms with van der Waals surface area (Å²) in [6.07, 6.45) is 1.31. The van der Waals surface area contributed by atoms with E-state index in [0.29, 0.717) is 6.42 Å². The average Bonchev–Trinajstić information content (AvgIpc) is 3.92. The monoisotopic (exact) mass is 797 g/mol. The Balaban J connectivity index is 0.961. The molecule has 0 spiro atoms. The number of para-hydroxylation sites is 4. The summed E-state index contributed by atoms with van der Waals surface area (Å²) in [5.41, 5.74) is 17.4. The lowest BCUT2D eigenvalue weighted by atomic mass is 10.1. The predicted molar refractivity (Wildman–Crippen MR) is 258 cm³/mol. The van der Waals surface area contributed by atoms with Crippen molar-refractivity contribution in [2.45, 2.75) is 33.6 Å². The number of aryl methyl sites for hydroxylation is 3. The van der Waals surface area contributed by atoms with Crippen LogP contribution in [0.15, 0.2) is 182 Å². The maximum atomic E-state index is 5.25. The zero-order chi connectivity index (χ0) is 41.5. The highest BCUT2D eigenvalue weighted by Crippen LogP contribution is 2.37. The van der Waals surface area contributed by atoms with Gasteiger partial charge in [0.2, 0.25) is 0 Å². The third-order valence-electron chi connectivity index (χ3n) is 12.6. The number of nitrogens with zero attached hydrogens (tertiary/aromatic N) is 5. The van der Waals surface area contributed by atoms with Crippen LogP contribution in [0.1, 0.15) is 39.5 Å². The molecule has 0 fully saturated rings. The Bertz CT molecular complexity index is 3540. The van der Waals surface area contributed by atoms with Crippen LogP contribution in [0.2, 0.25) is 0 Å². The van der Waals surface area contributed by atoms with Crippen LogP contribution in [0.4, 0.5) is 0 Å². The maximum absolute atomic E-state index is 5.25. The minimum atomic E-state index is 0.592. The van der Waals surface area contributed by atoms with Gasteiger partial charge in [-0.05, 0) is 117 Å². The lowest BCUT2D eigenvalue weighted by Gasteiger charge is -2.16. The van der Waals surface area contributed by atoms with Crippen molar-refractivity contribution in [3.63, 3.8) is 0 Å². The molecule has 0 bridgehead atoms. The summed E-state index contributed by atoms with van der Waals surface area (Å²) in [4.78, 5) is 10.3. The molecule has 0 aliphatic heterocycles. The van der Waals surface area contributed by atoms with Crippen LogP contribution in [0, 0.1) is 20.8 Å². The van der Waals surface area contributed by atoms with E-state index in [4.69, 9.17) is 9.97 Å². The van der Waals surface area contributed by atoms with Gasteiger partial charge in [0.25, 0.3) is 0 Å². The summed E-state index contributed by atoms with van der Waals surface area (Å²) in [5.74, 6) is 0.820. The summed E-state index contributed by atoms with van der Waals surface area (Å²) >= 11 is 0. The van der Waals surface area contributed by atoms with Crippen LogP contribution in [0.5, 0.6) is 0 Å². The molecule has 0 aliphatic rings. The zero-order valence-corrected chi connectivity index (χ0v) is 35.0. The van der Waals surface area contributed by atoms with Gasteiger partial charge in [0.05, 0.1) is 33.1 Å². The van der Waals surface area contributed by atoms with E-state index in [1.54, 1.807) is 0 Å². The molecule has 0 saturated carbocycles. The average molecular weight is 798 g/mol. The quantitative estimate of drug-likeness (QED) is 0.161. The van der Waals surface area contributed by atoms with E-state index in [-0.39, 0.29) is 0 Å². The number of hydrogen-bond acceptors (Lipinski definition) is 2. The van der Waals surface area contributed by atoms with Crippen molar-refractivity contribution in [1.29, 1.82) is 0 Å². The fourth-order valence-electron chi connectivity index (χ4n) is 9.97. The number of rotatable bonds is 7. The Hall–Kier alpha value is -7.76. The van der Waals surface area contributed by atoms with E-state index in [2.05, 4.69) is 216 Å². The number of fused-ring (bicyclic) bond motifs is 9. The van der Waals surface area contributed by atoms with Crippen LogP contribution >= 0.6 is 0 Å². The molecule has 5 nitrogen and oxygen atoms in total. The summed E-state index contributed by atoms with van der Waals surface area (Å²) in [5, 5.41) is 7.55. The minimum Gasteiger partial charge on any atom is -0.309 e. The van der Waals surface area contributed by atoms with Crippen LogP contribution in [0.3, 0.4) is 0 Å². The molecule has 0 atom stereocenters. The summed E-state index contributed by atoms with van der Waals surface area (Å²) in [7, 11) is 0. The molecule has 12 aromatic rings. The van der Waals surface area contributed by atoms with E-state index in [1.165, 1.54) is 82.1 Å². The van der Waals surface area contributed by atoms with Crippen LogP contribution in [-0.2, 0) is 12.8 Å². The van der Waals surface area contributed by atoms with Gasteiger partial charge in [0.1, 0.15) is 5.82 Å². The summed E-state index contributed by atoms with van der Waals surface area (Å²) in [6.45, 7) is 6.43. The molecule has 0 N–H and O–H groups in total. The molecule has 8 aromatic carbocycles. The summed E-state index contributed by atoms with van der Waals surface area (Å²) < 4.78 is 7.23. The van der Waals surface area contributed by atoms with Crippen molar-refractivity contribution in [3.8, 4) is 17.1 Å².